The molecule has 4 aromatic carbocycles. The van der Waals surface area contributed by atoms with E-state index in [-0.39, 0.29) is 29.8 Å². The highest BCUT2D eigenvalue weighted by Crippen LogP contribution is 2.28. The maximum absolute atomic E-state index is 14.5. The minimum absolute atomic E-state index is 0.0239. The van der Waals surface area contributed by atoms with E-state index < -0.39 is 28.5 Å². The molecule has 2 atom stereocenters. The van der Waals surface area contributed by atoms with Gasteiger partial charge in [-0.1, -0.05) is 95.8 Å². The lowest BCUT2D eigenvalue weighted by atomic mass is 10.0. The summed E-state index contributed by atoms with van der Waals surface area (Å²) in [6.07, 6.45) is 0.885. The van der Waals surface area contributed by atoms with Crippen LogP contribution in [0.2, 0.25) is 15.1 Å². The second-order valence-corrected chi connectivity index (χ2v) is 14.2. The largest absolute Gasteiger partial charge is 0.352 e. The molecule has 0 aromatic heterocycles. The number of hydrogen-bond donors (Lipinski definition) is 1. The molecule has 0 bridgehead atoms. The van der Waals surface area contributed by atoms with Gasteiger partial charge < -0.3 is 10.2 Å². The number of rotatable bonds is 13. The lowest BCUT2D eigenvalue weighted by molar-refractivity contribution is -0.140. The molecule has 46 heavy (non-hydrogen) atoms. The van der Waals surface area contributed by atoms with E-state index in [1.54, 1.807) is 42.5 Å². The molecule has 0 saturated carbocycles. The predicted octanol–water partition coefficient (Wildman–Crippen LogP) is 7.71. The molecule has 4 rings (SSSR count). The topological polar surface area (TPSA) is 86.8 Å². The van der Waals surface area contributed by atoms with E-state index in [9.17, 15) is 18.0 Å². The number of aryl methyl sites for hydroxylation is 1. The summed E-state index contributed by atoms with van der Waals surface area (Å²) < 4.78 is 29.3. The van der Waals surface area contributed by atoms with Gasteiger partial charge in [-0.25, -0.2) is 8.42 Å². The number of carbonyl (C=O) groups is 2. The van der Waals surface area contributed by atoms with Gasteiger partial charge in [-0.15, -0.1) is 0 Å². The van der Waals surface area contributed by atoms with Gasteiger partial charge in [-0.05, 0) is 79.9 Å². The Morgan fingerprint density at radius 1 is 0.826 bits per heavy atom. The molecule has 2 amide bonds. The fraction of sp³-hybridized carbons (Fsp3) is 0.257. The number of sulfonamides is 1. The quantitative estimate of drug-likeness (QED) is 0.155. The van der Waals surface area contributed by atoms with Crippen LogP contribution in [0.4, 0.5) is 5.69 Å². The van der Waals surface area contributed by atoms with Crippen LogP contribution in [0, 0.1) is 6.92 Å². The maximum atomic E-state index is 14.5. The number of hydrogen-bond acceptors (Lipinski definition) is 4. The van der Waals surface area contributed by atoms with Gasteiger partial charge in [0, 0.05) is 24.0 Å². The molecule has 1 N–H and O–H groups in total. The first kappa shape index (κ1) is 35.3. The molecule has 0 unspecified atom stereocenters. The molecular formula is C35H36Cl3N3O4S. The molecule has 0 saturated heterocycles. The first-order valence-corrected chi connectivity index (χ1v) is 17.4. The van der Waals surface area contributed by atoms with E-state index >= 15 is 0 Å². The molecular weight excluding hydrogens is 665 g/mol. The number of nitrogens with one attached hydrogen (secondary N) is 1. The molecule has 0 heterocycles. The van der Waals surface area contributed by atoms with Gasteiger partial charge in [0.25, 0.3) is 10.0 Å². The molecule has 242 valence electrons. The summed E-state index contributed by atoms with van der Waals surface area (Å²) in [5, 5.41) is 4.03. The van der Waals surface area contributed by atoms with Gasteiger partial charge in [0.05, 0.1) is 20.6 Å². The first-order chi connectivity index (χ1) is 21.9. The Balaban J connectivity index is 1.82. The Bertz CT molecular complexity index is 1750. The highest BCUT2D eigenvalue weighted by Gasteiger charge is 2.35. The second-order valence-electron chi connectivity index (χ2n) is 11.1. The smallest absolute Gasteiger partial charge is 0.264 e. The zero-order chi connectivity index (χ0) is 33.4. The van der Waals surface area contributed by atoms with E-state index in [2.05, 4.69) is 5.32 Å². The normalized spacial score (nSPS) is 12.7. The Hall–Kier alpha value is -3.56. The van der Waals surface area contributed by atoms with E-state index in [0.29, 0.717) is 32.7 Å². The van der Waals surface area contributed by atoms with Crippen LogP contribution in [0.1, 0.15) is 37.0 Å². The van der Waals surface area contributed by atoms with Crippen molar-refractivity contribution in [2.75, 3.05) is 10.8 Å². The highest BCUT2D eigenvalue weighted by molar-refractivity contribution is 7.92. The van der Waals surface area contributed by atoms with Crippen LogP contribution in [0.25, 0.3) is 0 Å². The Labute approximate surface area is 286 Å². The number of halogens is 3. The van der Waals surface area contributed by atoms with Crippen molar-refractivity contribution < 1.29 is 18.0 Å². The van der Waals surface area contributed by atoms with Crippen molar-refractivity contribution >= 4 is 62.3 Å². The number of amides is 2. The molecule has 7 nitrogen and oxygen atoms in total. The number of carbonyl (C=O) groups excluding carboxylic acids is 2. The van der Waals surface area contributed by atoms with Gasteiger partial charge in [0.2, 0.25) is 11.8 Å². The minimum Gasteiger partial charge on any atom is -0.352 e. The average Bonchev–Trinajstić information content (AvgIpc) is 3.04. The summed E-state index contributed by atoms with van der Waals surface area (Å²) in [4.78, 5) is 29.8. The number of nitrogens with zero attached hydrogens (tertiary/aromatic N) is 2. The Morgan fingerprint density at radius 2 is 1.48 bits per heavy atom. The third-order valence-corrected chi connectivity index (χ3v) is 10.4. The standard InChI is InChI=1S/C35H36Cl3N3O4S/c1-4-25(3)39-35(43)33(21-26-8-6-5-7-9-26)40(22-27-12-19-31(37)32(38)20-27)34(42)23-41(29-15-10-24(2)11-16-29)46(44,45)30-17-13-28(36)14-18-30/h5-20,25,33H,4,21-23H2,1-3H3,(H,39,43)/t25-,33-/m1/s1. The molecule has 0 aliphatic heterocycles. The van der Waals surface area contributed by atoms with Crippen molar-refractivity contribution in [3.8, 4) is 0 Å². The van der Waals surface area contributed by atoms with Crippen LogP contribution in [-0.4, -0.2) is 43.8 Å². The summed E-state index contributed by atoms with van der Waals surface area (Å²) >= 11 is 18.6. The van der Waals surface area contributed by atoms with Gasteiger partial charge in [-0.3, -0.25) is 13.9 Å². The van der Waals surface area contributed by atoms with Gasteiger partial charge in [0.1, 0.15) is 12.6 Å². The number of benzene rings is 4. The monoisotopic (exact) mass is 699 g/mol. The molecule has 0 fully saturated rings. The average molecular weight is 701 g/mol. The van der Waals surface area contributed by atoms with E-state index in [1.807, 2.05) is 51.1 Å². The summed E-state index contributed by atoms with van der Waals surface area (Å²) in [5.41, 5.74) is 2.68. The SMILES string of the molecule is CC[C@@H](C)NC(=O)[C@@H](Cc1ccccc1)N(Cc1ccc(Cl)c(Cl)c1)C(=O)CN(c1ccc(C)cc1)S(=O)(=O)c1ccc(Cl)cc1. The van der Waals surface area contributed by atoms with Crippen molar-refractivity contribution in [2.24, 2.45) is 0 Å². The molecule has 0 aliphatic carbocycles. The van der Waals surface area contributed by atoms with Crippen LogP contribution in [0.15, 0.2) is 102 Å². The zero-order valence-corrected chi connectivity index (χ0v) is 28.9. The van der Waals surface area contributed by atoms with Crippen LogP contribution in [-0.2, 0) is 32.6 Å². The van der Waals surface area contributed by atoms with Crippen LogP contribution >= 0.6 is 34.8 Å². The third kappa shape index (κ3) is 9.04. The fourth-order valence-corrected chi connectivity index (χ4v) is 6.66. The van der Waals surface area contributed by atoms with Crippen molar-refractivity contribution in [2.45, 2.75) is 57.1 Å². The molecule has 4 aromatic rings. The van der Waals surface area contributed by atoms with Crippen LogP contribution < -0.4 is 9.62 Å². The summed E-state index contributed by atoms with van der Waals surface area (Å²) in [7, 11) is -4.24. The molecule has 0 radical (unpaired) electrons. The Morgan fingerprint density at radius 3 is 2.09 bits per heavy atom. The molecule has 0 spiro atoms. The maximum Gasteiger partial charge on any atom is 0.264 e. The molecule has 0 aliphatic rings. The highest BCUT2D eigenvalue weighted by atomic mass is 35.5. The van der Waals surface area contributed by atoms with Crippen molar-refractivity contribution in [3.05, 3.63) is 129 Å². The molecule has 11 heteroatoms. The zero-order valence-electron chi connectivity index (χ0n) is 25.8. The minimum atomic E-state index is -4.24. The summed E-state index contributed by atoms with van der Waals surface area (Å²) in [6.45, 7) is 5.13. The van der Waals surface area contributed by atoms with E-state index in [0.717, 1.165) is 15.4 Å². The Kier molecular flexibility index (Phi) is 12.1. The predicted molar refractivity (Wildman–Crippen MR) is 186 cm³/mol. The van der Waals surface area contributed by atoms with Gasteiger partial charge in [-0.2, -0.15) is 0 Å². The number of anilines is 1. The fourth-order valence-electron chi connectivity index (χ4n) is 4.80. The van der Waals surface area contributed by atoms with Gasteiger partial charge >= 0.3 is 0 Å². The van der Waals surface area contributed by atoms with Crippen molar-refractivity contribution in [1.82, 2.24) is 10.2 Å². The van der Waals surface area contributed by atoms with Crippen molar-refractivity contribution in [3.63, 3.8) is 0 Å². The first-order valence-electron chi connectivity index (χ1n) is 14.8. The van der Waals surface area contributed by atoms with Crippen LogP contribution in [0.5, 0.6) is 0 Å². The van der Waals surface area contributed by atoms with Gasteiger partial charge in [0.15, 0.2) is 0 Å². The van der Waals surface area contributed by atoms with E-state index in [1.165, 1.54) is 29.2 Å². The lowest BCUT2D eigenvalue weighted by Gasteiger charge is -2.34. The summed E-state index contributed by atoms with van der Waals surface area (Å²) in [6, 6.07) is 25.8. The van der Waals surface area contributed by atoms with E-state index in [4.69, 9.17) is 34.8 Å². The summed E-state index contributed by atoms with van der Waals surface area (Å²) in [5.74, 6) is -0.932. The lowest BCUT2D eigenvalue weighted by Crippen LogP contribution is -2.54. The second kappa shape index (κ2) is 15.8. The third-order valence-electron chi connectivity index (χ3n) is 7.61. The van der Waals surface area contributed by atoms with Crippen molar-refractivity contribution in [1.29, 1.82) is 0 Å². The van der Waals surface area contributed by atoms with Crippen LogP contribution in [0.3, 0.4) is 0 Å².